The van der Waals surface area contributed by atoms with Crippen LogP contribution in [-0.2, 0) is 11.2 Å². The summed E-state index contributed by atoms with van der Waals surface area (Å²) in [5, 5.41) is 2.71. The Morgan fingerprint density at radius 1 is 1.09 bits per heavy atom. The number of unbranched alkanes of at least 4 members (excludes halogenated alkanes) is 1. The first-order valence-corrected chi connectivity index (χ1v) is 16.5. The van der Waals surface area contributed by atoms with Crippen molar-refractivity contribution in [3.05, 3.63) is 89.3 Å². The van der Waals surface area contributed by atoms with Gasteiger partial charge in [-0.15, -0.1) is 11.6 Å². The van der Waals surface area contributed by atoms with Crippen LogP contribution in [0.25, 0.3) is 0 Å². The zero-order valence-corrected chi connectivity index (χ0v) is 26.1. The summed E-state index contributed by atoms with van der Waals surface area (Å²) in [6.07, 6.45) is 12.4. The number of anilines is 1. The molecule has 2 unspecified atom stereocenters. The maximum atomic E-state index is 14.1. The van der Waals surface area contributed by atoms with E-state index in [1.165, 1.54) is 30.6 Å². The van der Waals surface area contributed by atoms with Crippen LogP contribution in [0.1, 0.15) is 79.3 Å². The minimum absolute atomic E-state index is 0.000650. The van der Waals surface area contributed by atoms with Gasteiger partial charge in [-0.2, -0.15) is 0 Å². The smallest absolute Gasteiger partial charge is 0.251 e. The third kappa shape index (κ3) is 8.36. The molecule has 2 amide bonds. The van der Waals surface area contributed by atoms with Crippen LogP contribution in [0, 0.1) is 11.8 Å². The zero-order valence-electron chi connectivity index (χ0n) is 25.3. The van der Waals surface area contributed by atoms with Crippen LogP contribution in [-0.4, -0.2) is 54.8 Å². The topological polar surface area (TPSA) is 52.7 Å². The molecule has 5 nitrogen and oxygen atoms in total. The highest BCUT2D eigenvalue weighted by molar-refractivity contribution is 6.22. The van der Waals surface area contributed by atoms with E-state index in [0.717, 1.165) is 63.0 Å². The van der Waals surface area contributed by atoms with Gasteiger partial charge in [0.2, 0.25) is 5.91 Å². The predicted octanol–water partition coefficient (Wildman–Crippen LogP) is 7.42. The Hall–Kier alpha value is -2.96. The van der Waals surface area contributed by atoms with Crippen LogP contribution in [0.2, 0.25) is 0 Å². The van der Waals surface area contributed by atoms with Crippen molar-refractivity contribution in [3.63, 3.8) is 0 Å². The number of likely N-dealkylation sites (tertiary alicyclic amines) is 1. The van der Waals surface area contributed by atoms with Crippen LogP contribution in [0.5, 0.6) is 0 Å². The molecule has 1 saturated heterocycles. The molecule has 1 fully saturated rings. The minimum atomic E-state index is -0.398. The van der Waals surface area contributed by atoms with Crippen LogP contribution < -0.4 is 10.2 Å². The van der Waals surface area contributed by atoms with Crippen LogP contribution in [0.3, 0.4) is 0 Å². The van der Waals surface area contributed by atoms with Gasteiger partial charge in [0.15, 0.2) is 0 Å². The average molecular weight is 606 g/mol. The molecule has 2 aliphatic heterocycles. The second kappa shape index (κ2) is 15.2. The lowest BCUT2D eigenvalue weighted by atomic mass is 9.88. The lowest BCUT2D eigenvalue weighted by Gasteiger charge is -2.32. The van der Waals surface area contributed by atoms with Crippen LogP contribution >= 0.6 is 11.6 Å². The third-order valence-electron chi connectivity index (χ3n) is 9.34. The molecule has 0 bridgehead atoms. The normalized spacial score (nSPS) is 23.0. The number of carbonyl (C=O) groups excluding carboxylic acids is 2. The SMILES string of the molecule is CCCC[C@H]1CCC(=O)N(CC2C=C(F)C=CC2Cl)c2cc(C(=O)NCCN3CCC(Cc4ccccc4)CC3)ccc21. The Kier molecular flexibility index (Phi) is 11.1. The Morgan fingerprint density at radius 3 is 2.65 bits per heavy atom. The predicted molar refractivity (Wildman–Crippen MR) is 173 cm³/mol. The Bertz CT molecular complexity index is 1300. The van der Waals surface area contributed by atoms with Gasteiger partial charge in [-0.3, -0.25) is 9.59 Å². The largest absolute Gasteiger partial charge is 0.351 e. The molecule has 0 saturated carbocycles. The summed E-state index contributed by atoms with van der Waals surface area (Å²) in [7, 11) is 0. The monoisotopic (exact) mass is 605 g/mol. The van der Waals surface area contributed by atoms with Gasteiger partial charge < -0.3 is 15.1 Å². The second-order valence-electron chi connectivity index (χ2n) is 12.4. The highest BCUT2D eigenvalue weighted by Crippen LogP contribution is 2.39. The number of halogens is 2. The van der Waals surface area contributed by atoms with Gasteiger partial charge in [-0.05, 0) is 92.4 Å². The maximum Gasteiger partial charge on any atom is 0.251 e. The molecule has 1 N–H and O–H groups in total. The van der Waals surface area contributed by atoms with E-state index in [9.17, 15) is 14.0 Å². The van der Waals surface area contributed by atoms with Gasteiger partial charge in [0, 0.05) is 43.2 Å². The van der Waals surface area contributed by atoms with E-state index in [0.29, 0.717) is 24.4 Å². The summed E-state index contributed by atoms with van der Waals surface area (Å²) >= 11 is 6.52. The van der Waals surface area contributed by atoms with Crippen molar-refractivity contribution in [1.82, 2.24) is 10.2 Å². The fraction of sp³-hybridized carbons (Fsp3) is 0.500. The summed E-state index contributed by atoms with van der Waals surface area (Å²) in [6.45, 7) is 5.96. The number of amides is 2. The molecule has 5 rings (SSSR count). The Morgan fingerprint density at radius 2 is 1.88 bits per heavy atom. The summed E-state index contributed by atoms with van der Waals surface area (Å²) in [6, 6.07) is 16.5. The standard InChI is InChI=1S/C36H45ClFN3O2/c1-2-3-9-28-11-15-35(42)41(25-30-23-31(38)12-14-33(30)37)34-24-29(10-13-32(28)34)36(43)39-18-21-40-19-16-27(17-20-40)22-26-7-5-4-6-8-26/h4-8,10,12-14,23-24,27-28,30,33H,2-3,9,11,15-22,25H2,1H3,(H,39,43)/t28-,30?,33?/m0/s1. The fourth-order valence-corrected chi connectivity index (χ4v) is 7.00. The first-order chi connectivity index (χ1) is 20.9. The summed E-state index contributed by atoms with van der Waals surface area (Å²) in [5.74, 6) is 0.149. The number of nitrogens with one attached hydrogen (secondary N) is 1. The highest BCUT2D eigenvalue weighted by Gasteiger charge is 2.32. The fourth-order valence-electron chi connectivity index (χ4n) is 6.77. The highest BCUT2D eigenvalue weighted by atomic mass is 35.5. The molecular weight excluding hydrogens is 561 g/mol. The van der Waals surface area contributed by atoms with Gasteiger partial charge in [-0.25, -0.2) is 4.39 Å². The van der Waals surface area contributed by atoms with Crippen LogP contribution in [0.4, 0.5) is 10.1 Å². The number of allylic oxidation sites excluding steroid dienone is 3. The van der Waals surface area contributed by atoms with Gasteiger partial charge in [-0.1, -0.05) is 62.2 Å². The van der Waals surface area contributed by atoms with Crippen molar-refractivity contribution in [2.45, 2.75) is 69.6 Å². The molecular formula is C36H45ClFN3O2. The van der Waals surface area contributed by atoms with Crippen molar-refractivity contribution in [1.29, 1.82) is 0 Å². The molecule has 7 heteroatoms. The number of hydrogen-bond donors (Lipinski definition) is 1. The minimum Gasteiger partial charge on any atom is -0.351 e. The molecule has 2 heterocycles. The lowest BCUT2D eigenvalue weighted by molar-refractivity contribution is -0.118. The average Bonchev–Trinajstić information content (AvgIpc) is 3.14. The quantitative estimate of drug-likeness (QED) is 0.271. The first-order valence-electron chi connectivity index (χ1n) is 16.1. The lowest BCUT2D eigenvalue weighted by Crippen LogP contribution is -2.40. The molecule has 0 spiro atoms. The molecule has 230 valence electrons. The van der Waals surface area contributed by atoms with E-state index in [-0.39, 0.29) is 36.0 Å². The molecule has 0 radical (unpaired) electrons. The van der Waals surface area contributed by atoms with Gasteiger partial charge in [0.05, 0.1) is 5.38 Å². The summed E-state index contributed by atoms with van der Waals surface area (Å²) in [4.78, 5) is 31.0. The van der Waals surface area contributed by atoms with E-state index in [2.05, 4.69) is 47.5 Å². The number of hydrogen-bond acceptors (Lipinski definition) is 3. The van der Waals surface area contributed by atoms with Crippen molar-refractivity contribution in [3.8, 4) is 0 Å². The number of alkyl halides is 1. The van der Waals surface area contributed by atoms with Crippen LogP contribution in [0.15, 0.2) is 72.6 Å². The van der Waals surface area contributed by atoms with Gasteiger partial charge in [0.1, 0.15) is 5.83 Å². The Labute approximate surface area is 261 Å². The van der Waals surface area contributed by atoms with Crippen molar-refractivity contribution in [2.75, 3.05) is 37.6 Å². The number of fused-ring (bicyclic) bond motifs is 1. The van der Waals surface area contributed by atoms with E-state index >= 15 is 0 Å². The molecule has 3 aliphatic rings. The van der Waals surface area contributed by atoms with Crippen molar-refractivity contribution in [2.24, 2.45) is 11.8 Å². The second-order valence-corrected chi connectivity index (χ2v) is 12.9. The van der Waals surface area contributed by atoms with Gasteiger partial charge in [0.25, 0.3) is 5.91 Å². The molecule has 0 aromatic heterocycles. The zero-order chi connectivity index (χ0) is 30.2. The first kappa shape index (κ1) is 31.5. The Balaban J connectivity index is 1.22. The molecule has 3 atom stereocenters. The number of carbonyl (C=O) groups is 2. The number of nitrogens with zero attached hydrogens (tertiary/aromatic N) is 2. The summed E-state index contributed by atoms with van der Waals surface area (Å²) in [5.41, 5.74) is 3.81. The van der Waals surface area contributed by atoms with E-state index in [1.807, 2.05) is 18.2 Å². The van der Waals surface area contributed by atoms with Crippen molar-refractivity contribution < 1.29 is 14.0 Å². The van der Waals surface area contributed by atoms with E-state index in [4.69, 9.17) is 11.6 Å². The van der Waals surface area contributed by atoms with Gasteiger partial charge >= 0.3 is 0 Å². The number of benzene rings is 2. The molecule has 2 aromatic rings. The van der Waals surface area contributed by atoms with E-state index < -0.39 is 5.38 Å². The molecule has 2 aromatic carbocycles. The third-order valence-corrected chi connectivity index (χ3v) is 9.81. The number of piperidine rings is 1. The van der Waals surface area contributed by atoms with E-state index in [1.54, 1.807) is 11.0 Å². The maximum absolute atomic E-state index is 14.1. The molecule has 43 heavy (non-hydrogen) atoms. The molecule has 1 aliphatic carbocycles. The summed E-state index contributed by atoms with van der Waals surface area (Å²) < 4.78 is 14.1. The number of rotatable bonds is 11. The van der Waals surface area contributed by atoms with Crippen molar-refractivity contribution >= 4 is 29.1 Å².